The van der Waals surface area contributed by atoms with Gasteiger partial charge in [0.05, 0.1) is 0 Å². The van der Waals surface area contributed by atoms with Gasteiger partial charge in [0.1, 0.15) is 18.4 Å². The number of Topliss-reactive ketones (excluding diaryl/α,β-unsaturated/α-hetero) is 1. The van der Waals surface area contributed by atoms with E-state index < -0.39 is 6.09 Å². The van der Waals surface area contributed by atoms with Gasteiger partial charge in [-0.2, -0.15) is 0 Å². The van der Waals surface area contributed by atoms with Gasteiger partial charge in [-0.3, -0.25) is 9.79 Å². The van der Waals surface area contributed by atoms with Crippen LogP contribution in [0.15, 0.2) is 10.1 Å². The average Bonchev–Trinajstić information content (AvgIpc) is 2.76. The topological polar surface area (TPSA) is 89.4 Å². The number of hydrogen-bond donors (Lipinski definition) is 1. The molecule has 0 radical (unpaired) electrons. The lowest BCUT2D eigenvalue weighted by Crippen LogP contribution is -2.55. The molecule has 0 aromatic heterocycles. The van der Waals surface area contributed by atoms with Crippen LogP contribution in [0.4, 0.5) is 4.79 Å². The molecular weight excluding hydrogens is 406 g/mol. The van der Waals surface area contributed by atoms with Gasteiger partial charge >= 0.3 is 6.09 Å². The van der Waals surface area contributed by atoms with Crippen LogP contribution in [-0.2, 0) is 14.4 Å². The summed E-state index contributed by atoms with van der Waals surface area (Å²) in [5.74, 6) is 3.00. The fourth-order valence-electron chi connectivity index (χ4n) is 7.40. The molecule has 0 aromatic rings. The van der Waals surface area contributed by atoms with Crippen LogP contribution in [0, 0.1) is 34.5 Å². The Labute approximate surface area is 192 Å². The Hall–Kier alpha value is -1.92. The van der Waals surface area contributed by atoms with Crippen LogP contribution in [-0.4, -0.2) is 44.2 Å². The SMILES string of the molecule is C=NOC(CNC(=O)OC1CCC2(C)C(CCC3C(CC)C(C)(C(C)=O)CCC32)C1)=NC. The number of ketones is 1. The molecule has 1 amide bonds. The second kappa shape index (κ2) is 9.92. The Morgan fingerprint density at radius 3 is 2.53 bits per heavy atom. The summed E-state index contributed by atoms with van der Waals surface area (Å²) in [7, 11) is 1.57. The number of nitrogens with one attached hydrogen (secondary N) is 1. The summed E-state index contributed by atoms with van der Waals surface area (Å²) in [6.45, 7) is 12.1. The van der Waals surface area contributed by atoms with Crippen molar-refractivity contribution in [3.05, 3.63) is 0 Å². The van der Waals surface area contributed by atoms with E-state index in [1.807, 2.05) is 0 Å². The molecule has 0 heterocycles. The molecule has 0 aliphatic heterocycles. The Kier molecular flexibility index (Phi) is 7.66. The number of hydrogen-bond acceptors (Lipinski definition) is 6. The zero-order valence-corrected chi connectivity index (χ0v) is 20.5. The lowest BCUT2D eigenvalue weighted by atomic mass is 9.44. The minimum Gasteiger partial charge on any atom is -0.446 e. The number of fused-ring (bicyclic) bond motifs is 3. The van der Waals surface area contributed by atoms with Gasteiger partial charge in [-0.25, -0.2) is 4.79 Å². The predicted molar refractivity (Wildman–Crippen MR) is 126 cm³/mol. The summed E-state index contributed by atoms with van der Waals surface area (Å²) in [5.41, 5.74) is 0.110. The predicted octanol–water partition coefficient (Wildman–Crippen LogP) is 4.99. The number of carbonyl (C=O) groups is 2. The van der Waals surface area contributed by atoms with Crippen LogP contribution in [0.1, 0.15) is 79.1 Å². The second-order valence-corrected chi connectivity index (χ2v) is 10.6. The number of aliphatic imine (C=N–C) groups is 1. The molecule has 7 atom stereocenters. The minimum atomic E-state index is -0.443. The molecule has 7 heteroatoms. The van der Waals surface area contributed by atoms with Crippen molar-refractivity contribution in [2.45, 2.75) is 85.2 Å². The molecule has 7 unspecified atom stereocenters. The minimum absolute atomic E-state index is 0.0573. The Balaban J connectivity index is 1.61. The molecule has 3 aliphatic rings. The van der Waals surface area contributed by atoms with Gasteiger partial charge in [0.25, 0.3) is 0 Å². The van der Waals surface area contributed by atoms with Crippen molar-refractivity contribution in [1.29, 1.82) is 0 Å². The molecule has 32 heavy (non-hydrogen) atoms. The van der Waals surface area contributed by atoms with E-state index in [2.05, 4.69) is 43.0 Å². The molecule has 1 N–H and O–H groups in total. The van der Waals surface area contributed by atoms with E-state index in [-0.39, 0.29) is 29.4 Å². The van der Waals surface area contributed by atoms with E-state index >= 15 is 0 Å². The zero-order valence-electron chi connectivity index (χ0n) is 20.5. The zero-order chi connectivity index (χ0) is 23.5. The number of rotatable bonds is 6. The maximum Gasteiger partial charge on any atom is 0.407 e. The summed E-state index contributed by atoms with van der Waals surface area (Å²) in [6, 6.07) is 0. The van der Waals surface area contributed by atoms with Crippen molar-refractivity contribution < 1.29 is 19.2 Å². The first-order valence-electron chi connectivity index (χ1n) is 12.2. The standard InChI is InChI=1S/C25H41N3O4/c1-7-20-19-9-8-17-14-18(31-23(30)28-15-22(26-5)32-27-6)10-12-25(17,4)21(19)11-13-24(20,3)16(2)29/h17-21H,6-15H2,1-5H3,(H,28,30). The summed E-state index contributed by atoms with van der Waals surface area (Å²) >= 11 is 0. The van der Waals surface area contributed by atoms with E-state index in [1.54, 1.807) is 14.0 Å². The first-order chi connectivity index (χ1) is 15.2. The van der Waals surface area contributed by atoms with Crippen molar-refractivity contribution in [2.75, 3.05) is 13.6 Å². The van der Waals surface area contributed by atoms with Crippen LogP contribution in [0.2, 0.25) is 0 Å². The molecule has 0 aromatic carbocycles. The van der Waals surface area contributed by atoms with Gasteiger partial charge in [-0.15, -0.1) is 0 Å². The van der Waals surface area contributed by atoms with Gasteiger partial charge in [-0.1, -0.05) is 32.3 Å². The van der Waals surface area contributed by atoms with E-state index in [4.69, 9.17) is 9.57 Å². The van der Waals surface area contributed by atoms with Crippen LogP contribution in [0.5, 0.6) is 0 Å². The molecule has 3 saturated carbocycles. The lowest BCUT2D eigenvalue weighted by molar-refractivity contribution is -0.150. The summed E-state index contributed by atoms with van der Waals surface area (Å²) in [4.78, 5) is 33.6. The highest BCUT2D eigenvalue weighted by atomic mass is 16.6. The molecule has 0 spiro atoms. The van der Waals surface area contributed by atoms with Crippen LogP contribution < -0.4 is 5.32 Å². The van der Waals surface area contributed by atoms with Crippen LogP contribution in [0.3, 0.4) is 0 Å². The van der Waals surface area contributed by atoms with E-state index in [9.17, 15) is 9.59 Å². The molecule has 3 fully saturated rings. The van der Waals surface area contributed by atoms with Crippen molar-refractivity contribution >= 4 is 24.5 Å². The monoisotopic (exact) mass is 447 g/mol. The maximum absolute atomic E-state index is 12.5. The largest absolute Gasteiger partial charge is 0.446 e. The first kappa shape index (κ1) is 24.7. The first-order valence-corrected chi connectivity index (χ1v) is 12.2. The molecule has 0 bridgehead atoms. The number of alkyl carbamates (subject to hydrolysis) is 1. The van der Waals surface area contributed by atoms with Gasteiger partial charge < -0.3 is 14.9 Å². The van der Waals surface area contributed by atoms with Crippen molar-refractivity contribution in [3.8, 4) is 0 Å². The quantitative estimate of drug-likeness (QED) is 0.353. The third-order valence-corrected chi connectivity index (χ3v) is 9.33. The number of nitrogens with zero attached hydrogens (tertiary/aromatic N) is 2. The number of carbonyl (C=O) groups excluding carboxylic acids is 2. The molecule has 3 aliphatic carbocycles. The Bertz CT molecular complexity index is 753. The van der Waals surface area contributed by atoms with Gasteiger partial charge in [0.2, 0.25) is 5.90 Å². The maximum atomic E-state index is 12.5. The third kappa shape index (κ3) is 4.58. The highest BCUT2D eigenvalue weighted by Gasteiger charge is 2.57. The second-order valence-electron chi connectivity index (χ2n) is 10.6. The molecule has 7 nitrogen and oxygen atoms in total. The van der Waals surface area contributed by atoms with Crippen molar-refractivity contribution in [2.24, 2.45) is 44.6 Å². The average molecular weight is 448 g/mol. The van der Waals surface area contributed by atoms with Crippen LogP contribution >= 0.6 is 0 Å². The highest BCUT2D eigenvalue weighted by Crippen LogP contribution is 2.63. The van der Waals surface area contributed by atoms with Crippen molar-refractivity contribution in [3.63, 3.8) is 0 Å². The Morgan fingerprint density at radius 2 is 1.91 bits per heavy atom. The van der Waals surface area contributed by atoms with Gasteiger partial charge in [0, 0.05) is 19.2 Å². The van der Waals surface area contributed by atoms with E-state index in [1.165, 1.54) is 6.42 Å². The number of ether oxygens (including phenoxy) is 1. The summed E-state index contributed by atoms with van der Waals surface area (Å²) in [6.07, 6.45) is 7.98. The van der Waals surface area contributed by atoms with E-state index in [0.29, 0.717) is 29.5 Å². The highest BCUT2D eigenvalue weighted by molar-refractivity contribution is 5.82. The summed E-state index contributed by atoms with van der Waals surface area (Å²) < 4.78 is 5.75. The molecule has 180 valence electrons. The molecule has 3 rings (SSSR count). The normalized spacial score (nSPS) is 39.3. The fraction of sp³-hybridized carbons (Fsp3) is 0.840. The Morgan fingerprint density at radius 1 is 1.16 bits per heavy atom. The van der Waals surface area contributed by atoms with Gasteiger partial charge in [-0.05, 0) is 81.0 Å². The number of amides is 1. The van der Waals surface area contributed by atoms with Crippen molar-refractivity contribution in [1.82, 2.24) is 5.32 Å². The molecule has 0 saturated heterocycles. The lowest BCUT2D eigenvalue weighted by Gasteiger charge is -2.61. The molecular formula is C25H41N3O4. The van der Waals surface area contributed by atoms with Crippen LogP contribution in [0.25, 0.3) is 0 Å². The smallest absolute Gasteiger partial charge is 0.407 e. The fourth-order valence-corrected chi connectivity index (χ4v) is 7.40. The van der Waals surface area contributed by atoms with E-state index in [0.717, 1.165) is 44.9 Å². The van der Waals surface area contributed by atoms with Gasteiger partial charge in [0.15, 0.2) is 0 Å². The third-order valence-electron chi connectivity index (χ3n) is 9.33. The summed E-state index contributed by atoms with van der Waals surface area (Å²) in [5, 5.41) is 6.01. The number of oxime groups is 1.